The van der Waals surface area contributed by atoms with Gasteiger partial charge in [-0.1, -0.05) is 36.4 Å². The molecule has 0 radical (unpaired) electrons. The number of likely N-dealkylation sites (N-methyl/N-ethyl adjacent to an activating group) is 1. The van der Waals surface area contributed by atoms with E-state index in [2.05, 4.69) is 6.58 Å². The topological polar surface area (TPSA) is 38.8 Å². The number of hydrogen-bond donors (Lipinski definition) is 0. The summed E-state index contributed by atoms with van der Waals surface area (Å²) >= 11 is 6.01. The van der Waals surface area contributed by atoms with Crippen molar-refractivity contribution in [3.8, 4) is 11.5 Å². The summed E-state index contributed by atoms with van der Waals surface area (Å²) in [6, 6.07) is 9.76. The normalized spacial score (nSPS) is 10.7. The molecule has 0 spiro atoms. The molecule has 0 fully saturated rings. The molecule has 0 aliphatic heterocycles. The Bertz CT molecular complexity index is 831. The van der Waals surface area contributed by atoms with Crippen molar-refractivity contribution in [1.29, 1.82) is 0 Å². The van der Waals surface area contributed by atoms with Gasteiger partial charge in [0.25, 0.3) is 0 Å². The predicted octanol–water partition coefficient (Wildman–Crippen LogP) is 4.72. The molecule has 4 nitrogen and oxygen atoms in total. The number of nitrogens with zero attached hydrogens (tertiary/aromatic N) is 1. The highest BCUT2D eigenvalue weighted by atomic mass is 35.5. The smallest absolute Gasteiger partial charge is 0.246 e. The summed E-state index contributed by atoms with van der Waals surface area (Å²) in [6.07, 6.45) is 4.71. The summed E-state index contributed by atoms with van der Waals surface area (Å²) in [6.45, 7) is 4.05. The van der Waals surface area contributed by atoms with Crippen LogP contribution in [0, 0.1) is 5.82 Å². The first kappa shape index (κ1) is 20.5. The molecule has 0 aliphatic rings. The van der Waals surface area contributed by atoms with E-state index in [0.29, 0.717) is 23.1 Å². The Morgan fingerprint density at radius 2 is 2.07 bits per heavy atom. The van der Waals surface area contributed by atoms with Crippen LogP contribution in [0.15, 0.2) is 55.1 Å². The first-order valence-electron chi connectivity index (χ1n) is 8.24. The summed E-state index contributed by atoms with van der Waals surface area (Å²) in [7, 11) is 3.13. The average Bonchev–Trinajstić information content (AvgIpc) is 2.67. The number of hydrogen-bond acceptors (Lipinski definition) is 3. The van der Waals surface area contributed by atoms with Gasteiger partial charge in [-0.05, 0) is 35.9 Å². The molecule has 0 aromatic heterocycles. The van der Waals surface area contributed by atoms with Crippen LogP contribution >= 0.6 is 11.6 Å². The molecule has 0 saturated carbocycles. The third-order valence-electron chi connectivity index (χ3n) is 3.80. The summed E-state index contributed by atoms with van der Waals surface area (Å²) in [5.41, 5.74) is 1.05. The fourth-order valence-electron chi connectivity index (χ4n) is 2.35. The Kier molecular flexibility index (Phi) is 7.44. The van der Waals surface area contributed by atoms with Crippen molar-refractivity contribution in [2.75, 3.05) is 20.8 Å². The highest BCUT2D eigenvalue weighted by molar-refractivity contribution is 6.31. The molecule has 0 bridgehead atoms. The fourth-order valence-corrected chi connectivity index (χ4v) is 2.57. The molecule has 0 heterocycles. The monoisotopic (exact) mass is 389 g/mol. The van der Waals surface area contributed by atoms with Crippen LogP contribution in [-0.4, -0.2) is 31.6 Å². The van der Waals surface area contributed by atoms with E-state index in [1.54, 1.807) is 50.6 Å². The van der Waals surface area contributed by atoms with Gasteiger partial charge in [0.1, 0.15) is 12.4 Å². The zero-order valence-corrected chi connectivity index (χ0v) is 16.0. The van der Waals surface area contributed by atoms with Crippen LogP contribution in [0.4, 0.5) is 4.39 Å². The maximum atomic E-state index is 13.9. The van der Waals surface area contributed by atoms with Gasteiger partial charge in [-0.3, -0.25) is 4.79 Å². The second kappa shape index (κ2) is 9.78. The third-order valence-corrected chi connectivity index (χ3v) is 4.15. The zero-order chi connectivity index (χ0) is 19.8. The van der Waals surface area contributed by atoms with Crippen molar-refractivity contribution in [3.05, 3.63) is 77.1 Å². The standard InChI is InChI=1S/C21H21ClFNO3/c1-4-12-27-19-10-8-15(13-20(19)26-3)9-11-21(25)24(2)14-16-17(22)6-5-7-18(16)23/h4-11,13H,1,12,14H2,2-3H3/b11-9+. The van der Waals surface area contributed by atoms with Crippen LogP contribution in [0.25, 0.3) is 6.08 Å². The lowest BCUT2D eigenvalue weighted by Crippen LogP contribution is -2.24. The van der Waals surface area contributed by atoms with Gasteiger partial charge in [-0.15, -0.1) is 0 Å². The van der Waals surface area contributed by atoms with Crippen molar-refractivity contribution in [1.82, 2.24) is 4.90 Å². The minimum Gasteiger partial charge on any atom is -0.493 e. The third kappa shape index (κ3) is 5.59. The summed E-state index contributed by atoms with van der Waals surface area (Å²) in [5.74, 6) is 0.427. The van der Waals surface area contributed by atoms with E-state index >= 15 is 0 Å². The number of amides is 1. The number of ether oxygens (including phenoxy) is 2. The molecule has 0 unspecified atom stereocenters. The highest BCUT2D eigenvalue weighted by Crippen LogP contribution is 2.28. The summed E-state index contributed by atoms with van der Waals surface area (Å²) in [5, 5.41) is 0.290. The molecular weight excluding hydrogens is 369 g/mol. The molecule has 0 saturated heterocycles. The molecule has 2 rings (SSSR count). The molecule has 1 amide bonds. The summed E-state index contributed by atoms with van der Waals surface area (Å²) < 4.78 is 24.7. The van der Waals surface area contributed by atoms with Gasteiger partial charge in [-0.25, -0.2) is 4.39 Å². The van der Waals surface area contributed by atoms with E-state index in [0.717, 1.165) is 5.56 Å². The molecular formula is C21H21ClFNO3. The number of methoxy groups -OCH3 is 1. The van der Waals surface area contributed by atoms with E-state index in [9.17, 15) is 9.18 Å². The highest BCUT2D eigenvalue weighted by Gasteiger charge is 2.12. The molecule has 142 valence electrons. The number of rotatable bonds is 8. The van der Waals surface area contributed by atoms with Gasteiger partial charge in [0.05, 0.1) is 7.11 Å². The van der Waals surface area contributed by atoms with Gasteiger partial charge >= 0.3 is 0 Å². The van der Waals surface area contributed by atoms with Crippen molar-refractivity contribution >= 4 is 23.6 Å². The van der Waals surface area contributed by atoms with Crippen LogP contribution in [0.2, 0.25) is 5.02 Å². The Labute approximate surface area is 163 Å². The van der Waals surface area contributed by atoms with Gasteiger partial charge in [-0.2, -0.15) is 0 Å². The first-order valence-corrected chi connectivity index (χ1v) is 8.62. The minimum atomic E-state index is -0.439. The van der Waals surface area contributed by atoms with Crippen molar-refractivity contribution in [3.63, 3.8) is 0 Å². The van der Waals surface area contributed by atoms with Crippen LogP contribution in [-0.2, 0) is 11.3 Å². The van der Waals surface area contributed by atoms with Crippen molar-refractivity contribution in [2.24, 2.45) is 0 Å². The maximum absolute atomic E-state index is 13.9. The van der Waals surface area contributed by atoms with Gasteiger partial charge in [0.15, 0.2) is 11.5 Å². The molecule has 2 aromatic rings. The Balaban J connectivity index is 2.08. The zero-order valence-electron chi connectivity index (χ0n) is 15.2. The lowest BCUT2D eigenvalue weighted by atomic mass is 10.1. The average molecular weight is 390 g/mol. The molecule has 6 heteroatoms. The molecule has 2 aromatic carbocycles. The first-order chi connectivity index (χ1) is 13.0. The van der Waals surface area contributed by atoms with E-state index < -0.39 is 5.82 Å². The number of halogens is 2. The van der Waals surface area contributed by atoms with Crippen LogP contribution < -0.4 is 9.47 Å². The largest absolute Gasteiger partial charge is 0.493 e. The van der Waals surface area contributed by atoms with Crippen LogP contribution in [0.5, 0.6) is 11.5 Å². The molecule has 0 atom stereocenters. The number of benzene rings is 2. The van der Waals surface area contributed by atoms with E-state index in [1.807, 2.05) is 0 Å². The van der Waals surface area contributed by atoms with E-state index in [4.69, 9.17) is 21.1 Å². The predicted molar refractivity (Wildman–Crippen MR) is 106 cm³/mol. The lowest BCUT2D eigenvalue weighted by molar-refractivity contribution is -0.125. The van der Waals surface area contributed by atoms with Gasteiger partial charge in [0.2, 0.25) is 5.91 Å². The SMILES string of the molecule is C=CCOc1ccc(/C=C/C(=O)N(C)Cc2c(F)cccc2Cl)cc1OC. The van der Waals surface area contributed by atoms with E-state index in [1.165, 1.54) is 23.1 Å². The number of carbonyl (C=O) groups excluding carboxylic acids is 1. The van der Waals surface area contributed by atoms with Gasteiger partial charge < -0.3 is 14.4 Å². The number of carbonyl (C=O) groups is 1. The Morgan fingerprint density at radius 3 is 2.74 bits per heavy atom. The second-order valence-corrected chi connectivity index (χ2v) is 6.15. The molecule has 27 heavy (non-hydrogen) atoms. The quantitative estimate of drug-likeness (QED) is 0.484. The van der Waals surface area contributed by atoms with Crippen molar-refractivity contribution in [2.45, 2.75) is 6.54 Å². The molecule has 0 N–H and O–H groups in total. The molecule has 0 aliphatic carbocycles. The van der Waals surface area contributed by atoms with Crippen molar-refractivity contribution < 1.29 is 18.7 Å². The summed E-state index contributed by atoms with van der Waals surface area (Å²) in [4.78, 5) is 13.7. The van der Waals surface area contributed by atoms with Gasteiger partial charge in [0, 0.05) is 30.3 Å². The maximum Gasteiger partial charge on any atom is 0.246 e. The Hall–Kier alpha value is -2.79. The van der Waals surface area contributed by atoms with E-state index in [-0.39, 0.29) is 18.0 Å². The Morgan fingerprint density at radius 1 is 1.30 bits per heavy atom. The fraction of sp³-hybridized carbons (Fsp3) is 0.190. The van der Waals surface area contributed by atoms with Crippen LogP contribution in [0.3, 0.4) is 0 Å². The van der Waals surface area contributed by atoms with Crippen LogP contribution in [0.1, 0.15) is 11.1 Å². The minimum absolute atomic E-state index is 0.0757. The lowest BCUT2D eigenvalue weighted by Gasteiger charge is -2.16. The second-order valence-electron chi connectivity index (χ2n) is 5.74.